The molecule has 1 aromatic rings. The van der Waals surface area contributed by atoms with Crippen molar-refractivity contribution in [3.63, 3.8) is 0 Å². The van der Waals surface area contributed by atoms with Crippen LogP contribution in [0.2, 0.25) is 0 Å². The average Bonchev–Trinajstić information content (AvgIpc) is 2.38. The van der Waals surface area contributed by atoms with Crippen LogP contribution in [-0.4, -0.2) is 17.6 Å². The summed E-state index contributed by atoms with van der Waals surface area (Å²) in [5.74, 6) is -0.00671. The zero-order valence-electron chi connectivity index (χ0n) is 11.7. The van der Waals surface area contributed by atoms with E-state index in [2.05, 4.69) is 10.5 Å². The first-order valence-electron chi connectivity index (χ1n) is 6.33. The number of nitrogens with one attached hydrogen (secondary N) is 1. The van der Waals surface area contributed by atoms with Gasteiger partial charge in [-0.25, -0.2) is 4.39 Å². The number of nitrogens with zero attached hydrogens (tertiary/aromatic N) is 1. The molecule has 0 aliphatic carbocycles. The molecule has 1 atom stereocenters. The number of rotatable bonds is 6. The second-order valence-corrected chi connectivity index (χ2v) is 5.35. The lowest BCUT2D eigenvalue weighted by Gasteiger charge is -2.24. The highest BCUT2D eigenvalue weighted by molar-refractivity contribution is 5.85. The summed E-state index contributed by atoms with van der Waals surface area (Å²) in [5.41, 5.74) is 6.30. The minimum Gasteiger partial charge on any atom is -0.409 e. The Morgan fingerprint density at radius 3 is 2.53 bits per heavy atom. The third-order valence-electron chi connectivity index (χ3n) is 3.37. The highest BCUT2D eigenvalue weighted by Crippen LogP contribution is 2.20. The van der Waals surface area contributed by atoms with E-state index >= 15 is 0 Å². The summed E-state index contributed by atoms with van der Waals surface area (Å²) in [6.07, 6.45) is 0.744. The number of hydrogen-bond donors (Lipinski definition) is 3. The van der Waals surface area contributed by atoms with E-state index in [4.69, 9.17) is 10.9 Å². The van der Waals surface area contributed by atoms with Crippen LogP contribution in [-0.2, 0) is 0 Å². The molecule has 0 radical (unpaired) electrons. The molecule has 4 nitrogen and oxygen atoms in total. The Morgan fingerprint density at radius 2 is 2.00 bits per heavy atom. The summed E-state index contributed by atoms with van der Waals surface area (Å²) in [4.78, 5) is 0. The van der Waals surface area contributed by atoms with Crippen LogP contribution in [0.1, 0.15) is 38.8 Å². The van der Waals surface area contributed by atoms with Gasteiger partial charge in [-0.15, -0.1) is 0 Å². The van der Waals surface area contributed by atoms with Gasteiger partial charge in [0.1, 0.15) is 11.7 Å². The molecule has 5 heteroatoms. The molecule has 0 aromatic heterocycles. The number of benzene rings is 1. The van der Waals surface area contributed by atoms with Crippen LogP contribution in [0, 0.1) is 11.2 Å². The summed E-state index contributed by atoms with van der Waals surface area (Å²) in [5, 5.41) is 15.1. The third kappa shape index (κ3) is 4.52. The molecule has 0 amide bonds. The maximum absolute atomic E-state index is 12.8. The van der Waals surface area contributed by atoms with Crippen LogP contribution in [0.25, 0.3) is 0 Å². The number of halogens is 1. The zero-order valence-corrected chi connectivity index (χ0v) is 11.7. The van der Waals surface area contributed by atoms with Gasteiger partial charge >= 0.3 is 0 Å². The Morgan fingerprint density at radius 1 is 1.42 bits per heavy atom. The van der Waals surface area contributed by atoms with Crippen molar-refractivity contribution < 1.29 is 9.60 Å². The van der Waals surface area contributed by atoms with E-state index < -0.39 is 0 Å². The Bertz CT molecular complexity index is 429. The number of nitrogens with two attached hydrogens (primary N) is 1. The normalized spacial score (nSPS) is 14.4. The van der Waals surface area contributed by atoms with E-state index in [0.717, 1.165) is 18.5 Å². The van der Waals surface area contributed by atoms with Crippen molar-refractivity contribution in [1.29, 1.82) is 0 Å². The monoisotopic (exact) mass is 267 g/mol. The first kappa shape index (κ1) is 15.4. The van der Waals surface area contributed by atoms with Gasteiger partial charge in [0.25, 0.3) is 0 Å². The van der Waals surface area contributed by atoms with Crippen molar-refractivity contribution >= 4 is 5.84 Å². The summed E-state index contributed by atoms with van der Waals surface area (Å²) < 4.78 is 12.8. The van der Waals surface area contributed by atoms with Crippen LogP contribution in [0.4, 0.5) is 4.39 Å². The second kappa shape index (κ2) is 6.52. The van der Waals surface area contributed by atoms with Gasteiger partial charge in [0, 0.05) is 11.5 Å². The lowest BCUT2D eigenvalue weighted by Crippen LogP contribution is -2.35. The molecule has 106 valence electrons. The molecule has 0 heterocycles. The third-order valence-corrected chi connectivity index (χ3v) is 3.37. The molecular weight excluding hydrogens is 245 g/mol. The summed E-state index contributed by atoms with van der Waals surface area (Å²) in [6.45, 7) is 6.59. The fourth-order valence-electron chi connectivity index (χ4n) is 1.73. The average molecular weight is 267 g/mol. The minimum absolute atomic E-state index is 0.128. The van der Waals surface area contributed by atoms with Gasteiger partial charge in [-0.3, -0.25) is 0 Å². The molecular formula is C14H22FN3O. The van der Waals surface area contributed by atoms with E-state index in [1.165, 1.54) is 12.1 Å². The maximum atomic E-state index is 12.8. The zero-order chi connectivity index (χ0) is 14.5. The number of oxime groups is 1. The van der Waals surface area contributed by atoms with Gasteiger partial charge in [0.05, 0.1) is 0 Å². The van der Waals surface area contributed by atoms with Gasteiger partial charge in [-0.05, 0) is 37.6 Å². The fraction of sp³-hybridized carbons (Fsp3) is 0.500. The van der Waals surface area contributed by atoms with Gasteiger partial charge < -0.3 is 16.3 Å². The Hall–Kier alpha value is -1.62. The lowest BCUT2D eigenvalue weighted by molar-refractivity contribution is 0.304. The maximum Gasteiger partial charge on any atom is 0.144 e. The van der Waals surface area contributed by atoms with Gasteiger partial charge in [0.15, 0.2) is 0 Å². The molecule has 1 aromatic carbocycles. The standard InChI is InChI=1S/C14H22FN3O/c1-10(11-4-6-12(15)7-5-11)17-9-8-14(2,3)13(16)18-19/h4-7,10,17,19H,8-9H2,1-3H3,(H2,16,18)/t10-/m1/s1. The van der Waals surface area contributed by atoms with Crippen molar-refractivity contribution in [3.05, 3.63) is 35.6 Å². The van der Waals surface area contributed by atoms with Gasteiger partial charge in [0.2, 0.25) is 0 Å². The van der Waals surface area contributed by atoms with Crippen LogP contribution in [0.3, 0.4) is 0 Å². The molecule has 0 bridgehead atoms. The van der Waals surface area contributed by atoms with Crippen LogP contribution in [0.15, 0.2) is 29.4 Å². The number of amidine groups is 1. The SMILES string of the molecule is C[C@@H](NCCC(C)(C)/C(N)=N/O)c1ccc(F)cc1. The summed E-state index contributed by atoms with van der Waals surface area (Å²) in [6, 6.07) is 6.56. The first-order chi connectivity index (χ1) is 8.86. The van der Waals surface area contributed by atoms with Crippen LogP contribution >= 0.6 is 0 Å². The minimum atomic E-state index is -0.357. The smallest absolute Gasteiger partial charge is 0.144 e. The Labute approximate surface area is 113 Å². The first-order valence-corrected chi connectivity index (χ1v) is 6.33. The molecule has 0 saturated heterocycles. The van der Waals surface area contributed by atoms with E-state index in [9.17, 15) is 4.39 Å². The second-order valence-electron chi connectivity index (χ2n) is 5.35. The molecule has 19 heavy (non-hydrogen) atoms. The number of hydrogen-bond acceptors (Lipinski definition) is 3. The summed E-state index contributed by atoms with van der Waals surface area (Å²) in [7, 11) is 0. The highest BCUT2D eigenvalue weighted by atomic mass is 19.1. The van der Waals surface area contributed by atoms with Crippen molar-refractivity contribution in [2.24, 2.45) is 16.3 Å². The quantitative estimate of drug-likeness (QED) is 0.321. The topological polar surface area (TPSA) is 70.6 Å². The van der Waals surface area contributed by atoms with E-state index in [-0.39, 0.29) is 23.1 Å². The Balaban J connectivity index is 2.47. The molecule has 1 rings (SSSR count). The van der Waals surface area contributed by atoms with Crippen molar-refractivity contribution in [2.45, 2.75) is 33.2 Å². The molecule has 0 aliphatic rings. The summed E-state index contributed by atoms with van der Waals surface area (Å²) >= 11 is 0. The molecule has 0 unspecified atom stereocenters. The lowest BCUT2D eigenvalue weighted by atomic mass is 9.88. The highest BCUT2D eigenvalue weighted by Gasteiger charge is 2.23. The predicted octanol–water partition coefficient (Wildman–Crippen LogP) is 2.64. The predicted molar refractivity (Wildman–Crippen MR) is 74.6 cm³/mol. The Kier molecular flexibility index (Phi) is 5.30. The molecule has 4 N–H and O–H groups in total. The van der Waals surface area contributed by atoms with E-state index in [1.54, 1.807) is 12.1 Å². The molecule has 0 fully saturated rings. The van der Waals surface area contributed by atoms with Gasteiger partial charge in [-0.2, -0.15) is 0 Å². The van der Waals surface area contributed by atoms with Crippen molar-refractivity contribution in [3.8, 4) is 0 Å². The van der Waals surface area contributed by atoms with Crippen LogP contribution in [0.5, 0.6) is 0 Å². The largest absolute Gasteiger partial charge is 0.409 e. The van der Waals surface area contributed by atoms with E-state index in [0.29, 0.717) is 0 Å². The van der Waals surface area contributed by atoms with Crippen LogP contribution < -0.4 is 11.1 Å². The molecule has 0 saturated carbocycles. The van der Waals surface area contributed by atoms with Crippen molar-refractivity contribution in [1.82, 2.24) is 5.32 Å². The van der Waals surface area contributed by atoms with Crippen molar-refractivity contribution in [2.75, 3.05) is 6.54 Å². The van der Waals surface area contributed by atoms with Gasteiger partial charge in [-0.1, -0.05) is 31.1 Å². The molecule has 0 aliphatic heterocycles. The van der Waals surface area contributed by atoms with E-state index in [1.807, 2.05) is 20.8 Å². The fourth-order valence-corrected chi connectivity index (χ4v) is 1.73. The molecule has 0 spiro atoms.